The Kier molecular flexibility index (Phi) is 3.75. The smallest absolute Gasteiger partial charge is 0.164 e. The summed E-state index contributed by atoms with van der Waals surface area (Å²) in [6, 6.07) is 8.55. The predicted octanol–water partition coefficient (Wildman–Crippen LogP) is 4.12. The summed E-state index contributed by atoms with van der Waals surface area (Å²) >= 11 is 0. The van der Waals surface area contributed by atoms with Crippen LogP contribution in [0.5, 0.6) is 11.5 Å². The second-order valence-electron chi connectivity index (χ2n) is 4.57. The number of fused-ring (bicyclic) bond motifs is 1. The zero-order valence-corrected chi connectivity index (χ0v) is 11.5. The highest BCUT2D eigenvalue weighted by Gasteiger charge is 2.14. The summed E-state index contributed by atoms with van der Waals surface area (Å²) in [5, 5.41) is 2.48. The number of ether oxygens (including phenoxy) is 2. The molecule has 0 aliphatic rings. The Morgan fingerprint density at radius 2 is 1.83 bits per heavy atom. The molecule has 2 nitrogen and oxygen atoms in total. The maximum absolute atomic E-state index is 5.54. The third-order valence-electron chi connectivity index (χ3n) is 3.24. The fraction of sp³-hybridized carbons (Fsp3) is 0.375. The van der Waals surface area contributed by atoms with Crippen LogP contribution >= 0.6 is 0 Å². The van der Waals surface area contributed by atoms with Crippen molar-refractivity contribution in [2.24, 2.45) is 0 Å². The highest BCUT2D eigenvalue weighted by molar-refractivity contribution is 5.90. The van der Waals surface area contributed by atoms with Crippen LogP contribution in [-0.4, -0.2) is 14.2 Å². The molecule has 0 N–H and O–H groups in total. The fourth-order valence-electron chi connectivity index (χ4n) is 2.41. The molecule has 0 aliphatic carbocycles. The zero-order valence-electron chi connectivity index (χ0n) is 11.5. The molecule has 0 heterocycles. The molecule has 96 valence electrons. The van der Waals surface area contributed by atoms with Gasteiger partial charge in [-0.25, -0.2) is 0 Å². The van der Waals surface area contributed by atoms with Crippen LogP contribution in [0.15, 0.2) is 24.3 Å². The zero-order chi connectivity index (χ0) is 13.1. The van der Waals surface area contributed by atoms with E-state index >= 15 is 0 Å². The van der Waals surface area contributed by atoms with Crippen molar-refractivity contribution in [3.8, 4) is 11.5 Å². The second-order valence-corrected chi connectivity index (χ2v) is 4.57. The molecule has 0 amide bonds. The lowest BCUT2D eigenvalue weighted by Gasteiger charge is -2.16. The fourth-order valence-corrected chi connectivity index (χ4v) is 2.41. The Morgan fingerprint density at radius 3 is 2.44 bits per heavy atom. The van der Waals surface area contributed by atoms with E-state index in [1.807, 2.05) is 6.07 Å². The molecule has 2 rings (SSSR count). The average Bonchev–Trinajstić information content (AvgIpc) is 2.39. The molecule has 0 bridgehead atoms. The van der Waals surface area contributed by atoms with Crippen LogP contribution in [0, 0.1) is 6.92 Å². The van der Waals surface area contributed by atoms with Crippen molar-refractivity contribution < 1.29 is 9.47 Å². The normalized spacial score (nSPS) is 10.7. The van der Waals surface area contributed by atoms with Gasteiger partial charge in [-0.1, -0.05) is 37.1 Å². The van der Waals surface area contributed by atoms with Crippen LogP contribution in [-0.2, 0) is 6.42 Å². The molecule has 0 fully saturated rings. The van der Waals surface area contributed by atoms with Gasteiger partial charge in [0.25, 0.3) is 0 Å². The lowest BCUT2D eigenvalue weighted by atomic mass is 9.97. The van der Waals surface area contributed by atoms with E-state index in [1.54, 1.807) is 14.2 Å². The van der Waals surface area contributed by atoms with Gasteiger partial charge in [-0.05, 0) is 30.2 Å². The molecule has 2 aromatic carbocycles. The first-order valence-electron chi connectivity index (χ1n) is 6.35. The van der Waals surface area contributed by atoms with E-state index in [0.717, 1.165) is 24.3 Å². The molecule has 0 radical (unpaired) electrons. The number of aryl methyl sites for hydroxylation is 2. The van der Waals surface area contributed by atoms with Crippen LogP contribution in [0.25, 0.3) is 10.8 Å². The average molecular weight is 244 g/mol. The van der Waals surface area contributed by atoms with E-state index < -0.39 is 0 Å². The molecule has 0 saturated heterocycles. The van der Waals surface area contributed by atoms with Gasteiger partial charge >= 0.3 is 0 Å². The molecule has 0 saturated carbocycles. The SMILES string of the molecule is CCCc1c(OC)c(OC)cc2ccc(C)cc12. The minimum atomic E-state index is 0.817. The molecule has 0 unspecified atom stereocenters. The Bertz CT molecular complexity index is 559. The molecule has 0 atom stereocenters. The van der Waals surface area contributed by atoms with Crippen LogP contribution < -0.4 is 9.47 Å². The molecular formula is C16H20O2. The first kappa shape index (κ1) is 12.7. The summed E-state index contributed by atoms with van der Waals surface area (Å²) in [6.07, 6.45) is 2.09. The van der Waals surface area contributed by atoms with Gasteiger partial charge in [-0.15, -0.1) is 0 Å². The van der Waals surface area contributed by atoms with E-state index in [-0.39, 0.29) is 0 Å². The maximum atomic E-state index is 5.54. The third kappa shape index (κ3) is 2.15. The van der Waals surface area contributed by atoms with Crippen molar-refractivity contribution in [3.05, 3.63) is 35.4 Å². The van der Waals surface area contributed by atoms with Gasteiger partial charge in [0, 0.05) is 5.56 Å². The Morgan fingerprint density at radius 1 is 1.06 bits per heavy atom. The number of benzene rings is 2. The topological polar surface area (TPSA) is 18.5 Å². The van der Waals surface area contributed by atoms with Crippen molar-refractivity contribution in [2.75, 3.05) is 14.2 Å². The van der Waals surface area contributed by atoms with Crippen LogP contribution in [0.4, 0.5) is 0 Å². The van der Waals surface area contributed by atoms with E-state index in [1.165, 1.54) is 21.9 Å². The summed E-state index contributed by atoms with van der Waals surface area (Å²) in [6.45, 7) is 4.30. The molecule has 2 heteroatoms. The number of hydrogen-bond acceptors (Lipinski definition) is 2. The predicted molar refractivity (Wildman–Crippen MR) is 75.8 cm³/mol. The molecule has 2 aromatic rings. The van der Waals surface area contributed by atoms with Gasteiger partial charge < -0.3 is 9.47 Å². The molecular weight excluding hydrogens is 224 g/mol. The number of rotatable bonds is 4. The van der Waals surface area contributed by atoms with Crippen LogP contribution in [0.3, 0.4) is 0 Å². The van der Waals surface area contributed by atoms with Crippen LogP contribution in [0.1, 0.15) is 24.5 Å². The molecule has 18 heavy (non-hydrogen) atoms. The van der Waals surface area contributed by atoms with Crippen molar-refractivity contribution in [1.29, 1.82) is 0 Å². The van der Waals surface area contributed by atoms with Crippen molar-refractivity contribution >= 4 is 10.8 Å². The number of hydrogen-bond donors (Lipinski definition) is 0. The quantitative estimate of drug-likeness (QED) is 0.805. The van der Waals surface area contributed by atoms with Gasteiger partial charge in [0.15, 0.2) is 11.5 Å². The summed E-state index contributed by atoms with van der Waals surface area (Å²) in [7, 11) is 3.40. The number of methoxy groups -OCH3 is 2. The Labute approximate surface area is 109 Å². The largest absolute Gasteiger partial charge is 0.493 e. The lowest BCUT2D eigenvalue weighted by molar-refractivity contribution is 0.352. The van der Waals surface area contributed by atoms with Gasteiger partial charge in [0.1, 0.15) is 0 Å². The van der Waals surface area contributed by atoms with Gasteiger partial charge in [-0.2, -0.15) is 0 Å². The van der Waals surface area contributed by atoms with E-state index in [2.05, 4.69) is 32.0 Å². The molecule has 0 aromatic heterocycles. The van der Waals surface area contributed by atoms with Gasteiger partial charge in [-0.3, -0.25) is 0 Å². The first-order valence-corrected chi connectivity index (χ1v) is 6.35. The van der Waals surface area contributed by atoms with Crippen molar-refractivity contribution in [3.63, 3.8) is 0 Å². The van der Waals surface area contributed by atoms with E-state index in [4.69, 9.17) is 9.47 Å². The Hall–Kier alpha value is -1.70. The van der Waals surface area contributed by atoms with Crippen LogP contribution in [0.2, 0.25) is 0 Å². The summed E-state index contributed by atoms with van der Waals surface area (Å²) in [5.41, 5.74) is 2.52. The molecule has 0 aliphatic heterocycles. The summed E-state index contributed by atoms with van der Waals surface area (Å²) in [4.78, 5) is 0. The monoisotopic (exact) mass is 244 g/mol. The minimum absolute atomic E-state index is 0.817. The first-order chi connectivity index (χ1) is 8.71. The van der Waals surface area contributed by atoms with E-state index in [0.29, 0.717) is 0 Å². The lowest BCUT2D eigenvalue weighted by Crippen LogP contribution is -1.98. The van der Waals surface area contributed by atoms with Crippen molar-refractivity contribution in [2.45, 2.75) is 26.7 Å². The summed E-state index contributed by atoms with van der Waals surface area (Å²) in [5.74, 6) is 1.69. The van der Waals surface area contributed by atoms with Crippen molar-refractivity contribution in [1.82, 2.24) is 0 Å². The molecule has 0 spiro atoms. The highest BCUT2D eigenvalue weighted by Crippen LogP contribution is 2.38. The Balaban J connectivity index is 2.79. The minimum Gasteiger partial charge on any atom is -0.493 e. The summed E-state index contributed by atoms with van der Waals surface area (Å²) < 4.78 is 11.0. The van der Waals surface area contributed by atoms with E-state index in [9.17, 15) is 0 Å². The second kappa shape index (κ2) is 5.30. The van der Waals surface area contributed by atoms with Gasteiger partial charge in [0.2, 0.25) is 0 Å². The highest BCUT2D eigenvalue weighted by atomic mass is 16.5. The standard InChI is InChI=1S/C16H20O2/c1-5-6-13-14-9-11(2)7-8-12(14)10-15(17-3)16(13)18-4/h7-10H,5-6H2,1-4H3. The van der Waals surface area contributed by atoms with Gasteiger partial charge in [0.05, 0.1) is 14.2 Å². The maximum Gasteiger partial charge on any atom is 0.164 e. The third-order valence-corrected chi connectivity index (χ3v) is 3.24.